The quantitative estimate of drug-likeness (QED) is 0.116. The zero-order chi connectivity index (χ0) is 43.1. The van der Waals surface area contributed by atoms with Crippen LogP contribution in [0.25, 0.3) is 0 Å². The highest BCUT2D eigenvalue weighted by Gasteiger charge is 2.26. The molecule has 0 bridgehead atoms. The minimum Gasteiger partial charge on any atom is -0.507 e. The van der Waals surface area contributed by atoms with Gasteiger partial charge < -0.3 is 30.6 Å². The Morgan fingerprint density at radius 3 is 0.842 bits per heavy atom. The molecule has 0 aliphatic rings. The smallest absolute Gasteiger partial charge is 0.336 e. The Kier molecular flexibility index (Phi) is 13.2. The van der Waals surface area contributed by atoms with E-state index in [0.717, 1.165) is 13.7 Å². The summed E-state index contributed by atoms with van der Waals surface area (Å²) in [6, 6.07) is 10.5. The van der Waals surface area contributed by atoms with Gasteiger partial charge in [-0.1, -0.05) is 98.7 Å². The van der Waals surface area contributed by atoms with Crippen molar-refractivity contribution in [1.29, 1.82) is 0 Å². The Morgan fingerprint density at radius 2 is 0.649 bits per heavy atom. The van der Waals surface area contributed by atoms with Crippen LogP contribution in [0.15, 0.2) is 50.8 Å². The molecule has 12 nitrogen and oxygen atoms in total. The molecule has 4 aromatic rings. The van der Waals surface area contributed by atoms with Crippen molar-refractivity contribution in [3.05, 3.63) is 118 Å². The van der Waals surface area contributed by atoms with Crippen LogP contribution in [0.4, 0.5) is 0 Å². The fourth-order valence-corrected chi connectivity index (χ4v) is 7.42. The average Bonchev–Trinajstić information content (AvgIpc) is 3.06. The lowest BCUT2D eigenvalue weighted by Crippen LogP contribution is -2.57. The SMILES string of the molecule is Cc1cc(CC(O)Cn2c(=O)n(CC(O)Cc3cc(C)c(O)c(C(C)(C)C)c3)c(=O)n(CC(O)Cc3cc(C)c(O)c(C(C)(C)C)c3)c2=O)cc(C(C)(C)C)c1O. The van der Waals surface area contributed by atoms with Crippen LogP contribution in [-0.4, -0.2) is 62.7 Å². The molecule has 0 aliphatic carbocycles. The van der Waals surface area contributed by atoms with Crippen LogP contribution in [0.1, 0.15) is 112 Å². The zero-order valence-electron chi connectivity index (χ0n) is 35.7. The summed E-state index contributed by atoms with van der Waals surface area (Å²) in [6.45, 7) is 21.4. The fraction of sp³-hybridized carbons (Fsp3) is 0.533. The Hall–Kier alpha value is -4.65. The third-order valence-corrected chi connectivity index (χ3v) is 10.5. The molecule has 3 atom stereocenters. The topological polar surface area (TPSA) is 187 Å². The van der Waals surface area contributed by atoms with E-state index >= 15 is 0 Å². The molecule has 0 saturated carbocycles. The maximum Gasteiger partial charge on any atom is 0.336 e. The molecule has 0 amide bonds. The number of nitrogens with zero attached hydrogens (tertiary/aromatic N) is 3. The predicted molar refractivity (Wildman–Crippen MR) is 223 cm³/mol. The molecule has 3 unspecified atom stereocenters. The van der Waals surface area contributed by atoms with Gasteiger partial charge in [0.1, 0.15) is 17.2 Å². The molecule has 4 rings (SSSR count). The number of aryl methyl sites for hydroxylation is 3. The first kappa shape index (κ1) is 45.1. The highest BCUT2D eigenvalue weighted by Crippen LogP contribution is 2.36. The van der Waals surface area contributed by atoms with Crippen molar-refractivity contribution in [2.24, 2.45) is 0 Å². The van der Waals surface area contributed by atoms with Gasteiger partial charge in [-0.15, -0.1) is 0 Å². The number of aliphatic hydroxyl groups is 3. The Labute approximate surface area is 335 Å². The van der Waals surface area contributed by atoms with E-state index < -0.39 is 71.3 Å². The molecule has 6 N–H and O–H groups in total. The van der Waals surface area contributed by atoms with Crippen LogP contribution in [0.3, 0.4) is 0 Å². The second kappa shape index (κ2) is 16.7. The van der Waals surface area contributed by atoms with Gasteiger partial charge in [-0.3, -0.25) is 0 Å². The van der Waals surface area contributed by atoms with Gasteiger partial charge in [0.2, 0.25) is 0 Å². The molecule has 0 aliphatic heterocycles. The summed E-state index contributed by atoms with van der Waals surface area (Å²) in [6.07, 6.45) is -3.75. The summed E-state index contributed by atoms with van der Waals surface area (Å²) < 4.78 is 2.27. The van der Waals surface area contributed by atoms with Crippen LogP contribution in [-0.2, 0) is 55.1 Å². The third-order valence-electron chi connectivity index (χ3n) is 10.5. The number of hydrogen-bond acceptors (Lipinski definition) is 9. The molecular formula is C45H63N3O9. The van der Waals surface area contributed by atoms with Crippen molar-refractivity contribution >= 4 is 0 Å². The van der Waals surface area contributed by atoms with Crippen LogP contribution in [0, 0.1) is 20.8 Å². The summed E-state index contributed by atoms with van der Waals surface area (Å²) in [7, 11) is 0. The minimum atomic E-state index is -1.27. The van der Waals surface area contributed by atoms with E-state index in [1.165, 1.54) is 0 Å². The monoisotopic (exact) mass is 789 g/mol. The van der Waals surface area contributed by atoms with E-state index in [9.17, 15) is 45.0 Å². The van der Waals surface area contributed by atoms with Gasteiger partial charge in [-0.25, -0.2) is 28.1 Å². The molecular weight excluding hydrogens is 727 g/mol. The highest BCUT2D eigenvalue weighted by atomic mass is 16.3. The first-order valence-corrected chi connectivity index (χ1v) is 19.6. The molecule has 1 aromatic heterocycles. The number of hydrogen-bond donors (Lipinski definition) is 6. The van der Waals surface area contributed by atoms with Crippen molar-refractivity contribution in [2.45, 2.75) is 157 Å². The van der Waals surface area contributed by atoms with E-state index in [-0.39, 0.29) is 36.5 Å². The summed E-state index contributed by atoms with van der Waals surface area (Å²) in [5.74, 6) is 0.453. The van der Waals surface area contributed by atoms with E-state index in [4.69, 9.17) is 0 Å². The first-order valence-electron chi connectivity index (χ1n) is 19.6. The molecule has 12 heteroatoms. The lowest BCUT2D eigenvalue weighted by molar-refractivity contribution is 0.128. The van der Waals surface area contributed by atoms with Crippen molar-refractivity contribution in [3.8, 4) is 17.2 Å². The highest BCUT2D eigenvalue weighted by molar-refractivity contribution is 5.48. The standard InChI is InChI=1S/C45H63N3O9/c1-25-13-28(19-34(37(25)52)43(4,5)6)16-31(49)22-46-40(55)47(23-32(50)17-29-14-26(2)38(53)35(20-29)44(7,8)9)42(57)48(41(46)56)24-33(51)18-30-15-27(3)39(54)36(21-30)45(10,11)12/h13-15,19-21,31-33,49-54H,16-18,22-24H2,1-12H3. The van der Waals surface area contributed by atoms with Crippen molar-refractivity contribution < 1.29 is 30.6 Å². The van der Waals surface area contributed by atoms with Gasteiger partial charge in [0.25, 0.3) is 0 Å². The maximum atomic E-state index is 14.0. The molecule has 57 heavy (non-hydrogen) atoms. The Bertz CT molecular complexity index is 2010. The van der Waals surface area contributed by atoms with E-state index in [0.29, 0.717) is 50.1 Å². The normalized spacial score (nSPS) is 14.2. The minimum absolute atomic E-state index is 0.0209. The lowest BCUT2D eigenvalue weighted by Gasteiger charge is -2.24. The summed E-state index contributed by atoms with van der Waals surface area (Å²) in [5, 5.41) is 66.2. The van der Waals surface area contributed by atoms with Crippen LogP contribution >= 0.6 is 0 Å². The number of phenolic OH excluding ortho intramolecular Hbond substituents is 3. The molecule has 0 fully saturated rings. The predicted octanol–water partition coefficient (Wildman–Crippen LogP) is 4.92. The Morgan fingerprint density at radius 1 is 0.439 bits per heavy atom. The number of aromatic hydroxyl groups is 3. The van der Waals surface area contributed by atoms with Crippen molar-refractivity contribution in [2.75, 3.05) is 0 Å². The van der Waals surface area contributed by atoms with Gasteiger partial charge in [0.15, 0.2) is 0 Å². The summed E-state index contributed by atoms with van der Waals surface area (Å²) in [4.78, 5) is 42.1. The molecule has 3 aromatic carbocycles. The van der Waals surface area contributed by atoms with Gasteiger partial charge in [-0.05, 0) is 87.1 Å². The number of aromatic nitrogens is 3. The zero-order valence-corrected chi connectivity index (χ0v) is 35.7. The first-order chi connectivity index (χ1) is 26.1. The van der Waals surface area contributed by atoms with Crippen LogP contribution in [0.2, 0.25) is 0 Å². The fourth-order valence-electron chi connectivity index (χ4n) is 7.42. The number of benzene rings is 3. The van der Waals surface area contributed by atoms with E-state index in [1.54, 1.807) is 57.2 Å². The maximum absolute atomic E-state index is 14.0. The lowest BCUT2D eigenvalue weighted by atomic mass is 9.83. The van der Waals surface area contributed by atoms with Gasteiger partial charge >= 0.3 is 17.1 Å². The third kappa shape index (κ3) is 10.5. The number of phenols is 3. The Balaban J connectivity index is 1.76. The average molecular weight is 790 g/mol. The van der Waals surface area contributed by atoms with Gasteiger partial charge in [0, 0.05) is 19.3 Å². The van der Waals surface area contributed by atoms with E-state index in [2.05, 4.69) is 0 Å². The molecule has 312 valence electrons. The molecule has 1 heterocycles. The molecule has 0 spiro atoms. The van der Waals surface area contributed by atoms with Crippen LogP contribution < -0.4 is 17.1 Å². The van der Waals surface area contributed by atoms with E-state index in [1.807, 2.05) is 62.3 Å². The van der Waals surface area contributed by atoms with Crippen LogP contribution in [0.5, 0.6) is 17.2 Å². The van der Waals surface area contributed by atoms with Gasteiger partial charge in [0.05, 0.1) is 37.9 Å². The summed E-state index contributed by atoms with van der Waals surface area (Å²) >= 11 is 0. The number of aliphatic hydroxyl groups excluding tert-OH is 3. The van der Waals surface area contributed by atoms with Crippen molar-refractivity contribution in [1.82, 2.24) is 13.7 Å². The van der Waals surface area contributed by atoms with Crippen molar-refractivity contribution in [3.63, 3.8) is 0 Å². The second-order valence-electron chi connectivity index (χ2n) is 18.9. The molecule has 0 radical (unpaired) electrons. The second-order valence-corrected chi connectivity index (χ2v) is 18.9. The van der Waals surface area contributed by atoms with Gasteiger partial charge in [-0.2, -0.15) is 0 Å². The summed E-state index contributed by atoms with van der Waals surface area (Å²) in [5.41, 5.74) is 1.61. The molecule has 0 saturated heterocycles. The largest absolute Gasteiger partial charge is 0.507 e. The number of rotatable bonds is 12.